The highest BCUT2D eigenvalue weighted by molar-refractivity contribution is 5.45. The first kappa shape index (κ1) is 21.2. The van der Waals surface area contributed by atoms with Gasteiger partial charge in [0.1, 0.15) is 6.61 Å². The first-order valence-corrected chi connectivity index (χ1v) is 8.04. The number of halogens is 2. The fraction of sp³-hybridized carbons (Fsp3) is 0.182. The molecule has 4 heteroatoms. The SMILES string of the molecule is C=C(/C=C\C(=C)C(=C)/C=C\C(=C)COc1ccc(OC)c(F)c1F)CC. The van der Waals surface area contributed by atoms with Crippen LogP contribution in [0, 0.1) is 11.6 Å². The molecule has 0 heterocycles. The van der Waals surface area contributed by atoms with Gasteiger partial charge in [0.15, 0.2) is 11.5 Å². The van der Waals surface area contributed by atoms with Gasteiger partial charge in [0.05, 0.1) is 7.11 Å². The zero-order chi connectivity index (χ0) is 19.7. The van der Waals surface area contributed by atoms with Crippen molar-refractivity contribution >= 4 is 0 Å². The molecule has 0 atom stereocenters. The molecule has 0 radical (unpaired) electrons. The third kappa shape index (κ3) is 6.20. The van der Waals surface area contributed by atoms with E-state index in [1.807, 2.05) is 19.1 Å². The standard InChI is InChI=1S/C22H24F2O2/c1-7-15(2)8-10-17(4)18(5)11-9-16(3)14-26-20-13-12-19(25-6)21(23)22(20)24/h8-13H,2-5,7,14H2,1,6H3/b10-8-,11-9-. The van der Waals surface area contributed by atoms with E-state index in [0.29, 0.717) is 11.1 Å². The molecular formula is C22H24F2O2. The van der Waals surface area contributed by atoms with E-state index in [-0.39, 0.29) is 18.1 Å². The molecule has 0 aliphatic heterocycles. The fourth-order valence-electron chi connectivity index (χ4n) is 1.77. The van der Waals surface area contributed by atoms with Gasteiger partial charge in [0.25, 0.3) is 0 Å². The van der Waals surface area contributed by atoms with Gasteiger partial charge >= 0.3 is 0 Å². The minimum atomic E-state index is -1.10. The van der Waals surface area contributed by atoms with E-state index >= 15 is 0 Å². The van der Waals surface area contributed by atoms with Crippen LogP contribution in [0.2, 0.25) is 0 Å². The fourth-order valence-corrected chi connectivity index (χ4v) is 1.77. The zero-order valence-corrected chi connectivity index (χ0v) is 15.3. The van der Waals surface area contributed by atoms with Crippen LogP contribution in [0.25, 0.3) is 0 Å². The van der Waals surface area contributed by atoms with Gasteiger partial charge in [-0.15, -0.1) is 0 Å². The van der Waals surface area contributed by atoms with Gasteiger partial charge in [-0.25, -0.2) is 0 Å². The summed E-state index contributed by atoms with van der Waals surface area (Å²) >= 11 is 0. The Labute approximate surface area is 154 Å². The smallest absolute Gasteiger partial charge is 0.204 e. The number of hydrogen-bond acceptors (Lipinski definition) is 2. The van der Waals surface area contributed by atoms with Gasteiger partial charge in [-0.3, -0.25) is 0 Å². The minimum Gasteiger partial charge on any atom is -0.494 e. The second-order valence-corrected chi connectivity index (χ2v) is 5.57. The van der Waals surface area contributed by atoms with Crippen molar-refractivity contribution in [3.8, 4) is 11.5 Å². The van der Waals surface area contributed by atoms with Crippen molar-refractivity contribution in [1.29, 1.82) is 0 Å². The maximum atomic E-state index is 13.8. The lowest BCUT2D eigenvalue weighted by atomic mass is 10.1. The number of hydrogen-bond donors (Lipinski definition) is 0. The minimum absolute atomic E-state index is 0.00141. The van der Waals surface area contributed by atoms with Crippen LogP contribution in [-0.4, -0.2) is 13.7 Å². The van der Waals surface area contributed by atoms with Crippen LogP contribution < -0.4 is 9.47 Å². The van der Waals surface area contributed by atoms with Crippen LogP contribution in [-0.2, 0) is 0 Å². The van der Waals surface area contributed by atoms with Crippen molar-refractivity contribution in [3.05, 3.63) is 96.7 Å². The predicted octanol–water partition coefficient (Wildman–Crippen LogP) is 6.10. The monoisotopic (exact) mass is 358 g/mol. The first-order chi connectivity index (χ1) is 12.3. The van der Waals surface area contributed by atoms with Crippen LogP contribution >= 0.6 is 0 Å². The molecule has 0 unspecified atom stereocenters. The number of benzene rings is 1. The molecular weight excluding hydrogens is 334 g/mol. The summed E-state index contributed by atoms with van der Waals surface area (Å²) in [5.41, 5.74) is 3.01. The third-order valence-corrected chi connectivity index (χ3v) is 3.55. The maximum Gasteiger partial charge on any atom is 0.204 e. The quantitative estimate of drug-likeness (QED) is 0.471. The highest BCUT2D eigenvalue weighted by Gasteiger charge is 2.14. The highest BCUT2D eigenvalue weighted by Crippen LogP contribution is 2.27. The Balaban J connectivity index is 2.62. The molecule has 26 heavy (non-hydrogen) atoms. The van der Waals surface area contributed by atoms with Gasteiger partial charge < -0.3 is 9.47 Å². The summed E-state index contributed by atoms with van der Waals surface area (Å²) in [6.45, 7) is 17.6. The molecule has 0 saturated heterocycles. The highest BCUT2D eigenvalue weighted by atomic mass is 19.2. The van der Waals surface area contributed by atoms with Crippen molar-refractivity contribution in [2.24, 2.45) is 0 Å². The van der Waals surface area contributed by atoms with Crippen LogP contribution in [0.15, 0.2) is 85.0 Å². The molecule has 0 N–H and O–H groups in total. The number of ether oxygens (including phenoxy) is 2. The Morgan fingerprint density at radius 2 is 1.38 bits per heavy atom. The first-order valence-electron chi connectivity index (χ1n) is 8.04. The number of allylic oxidation sites excluding steroid dienone is 6. The van der Waals surface area contributed by atoms with E-state index in [2.05, 4.69) is 26.3 Å². The summed E-state index contributed by atoms with van der Waals surface area (Å²) in [7, 11) is 1.26. The van der Waals surface area contributed by atoms with Gasteiger partial charge in [0, 0.05) is 0 Å². The van der Waals surface area contributed by atoms with Crippen molar-refractivity contribution in [1.82, 2.24) is 0 Å². The van der Waals surface area contributed by atoms with E-state index in [9.17, 15) is 8.78 Å². The second-order valence-electron chi connectivity index (χ2n) is 5.57. The maximum absolute atomic E-state index is 13.8. The molecule has 2 nitrogen and oxygen atoms in total. The van der Waals surface area contributed by atoms with E-state index < -0.39 is 11.6 Å². The molecule has 0 aromatic heterocycles. The molecule has 138 valence electrons. The number of rotatable bonds is 10. The Hall–Kier alpha value is -2.88. The lowest BCUT2D eigenvalue weighted by Crippen LogP contribution is -2.02. The zero-order valence-electron chi connectivity index (χ0n) is 15.3. The molecule has 1 aromatic carbocycles. The summed E-state index contributed by atoms with van der Waals surface area (Å²) in [5.74, 6) is -2.57. The second kappa shape index (κ2) is 10.2. The topological polar surface area (TPSA) is 18.5 Å². The molecule has 1 aromatic rings. The average Bonchev–Trinajstić information content (AvgIpc) is 2.64. The Morgan fingerprint density at radius 3 is 1.92 bits per heavy atom. The predicted molar refractivity (Wildman–Crippen MR) is 104 cm³/mol. The van der Waals surface area contributed by atoms with E-state index in [1.54, 1.807) is 12.2 Å². The van der Waals surface area contributed by atoms with E-state index in [4.69, 9.17) is 9.47 Å². The molecule has 0 aliphatic rings. The molecule has 0 spiro atoms. The average molecular weight is 358 g/mol. The normalized spacial score (nSPS) is 10.9. The summed E-state index contributed by atoms with van der Waals surface area (Å²) in [5, 5.41) is 0. The van der Waals surface area contributed by atoms with Crippen LogP contribution in [0.5, 0.6) is 11.5 Å². The van der Waals surface area contributed by atoms with Crippen LogP contribution in [0.4, 0.5) is 8.78 Å². The largest absolute Gasteiger partial charge is 0.494 e. The summed E-state index contributed by atoms with van der Waals surface area (Å²) < 4.78 is 37.4. The molecule has 0 saturated carbocycles. The van der Waals surface area contributed by atoms with Gasteiger partial charge in [0.2, 0.25) is 11.6 Å². The van der Waals surface area contributed by atoms with Gasteiger partial charge in [-0.2, -0.15) is 8.78 Å². The Kier molecular flexibility index (Phi) is 8.29. The summed E-state index contributed by atoms with van der Waals surface area (Å²) in [4.78, 5) is 0. The van der Waals surface area contributed by atoms with E-state index in [1.165, 1.54) is 19.2 Å². The molecule has 0 aliphatic carbocycles. The molecule has 0 amide bonds. The number of methoxy groups -OCH3 is 1. The van der Waals surface area contributed by atoms with E-state index in [0.717, 1.165) is 17.6 Å². The Bertz CT molecular complexity index is 771. The lowest BCUT2D eigenvalue weighted by Gasteiger charge is -2.09. The van der Waals surface area contributed by atoms with Crippen molar-refractivity contribution in [2.75, 3.05) is 13.7 Å². The Morgan fingerprint density at radius 1 is 0.885 bits per heavy atom. The summed E-state index contributed by atoms with van der Waals surface area (Å²) in [6, 6.07) is 2.61. The molecule has 0 bridgehead atoms. The third-order valence-electron chi connectivity index (χ3n) is 3.55. The summed E-state index contributed by atoms with van der Waals surface area (Å²) in [6.07, 6.45) is 8.02. The van der Waals surface area contributed by atoms with Crippen LogP contribution in [0.3, 0.4) is 0 Å². The van der Waals surface area contributed by atoms with Crippen molar-refractivity contribution in [3.63, 3.8) is 0 Å². The van der Waals surface area contributed by atoms with Gasteiger partial charge in [-0.05, 0) is 35.3 Å². The molecule has 0 fully saturated rings. The van der Waals surface area contributed by atoms with Gasteiger partial charge in [-0.1, -0.05) is 63.1 Å². The van der Waals surface area contributed by atoms with Crippen LogP contribution in [0.1, 0.15) is 13.3 Å². The van der Waals surface area contributed by atoms with Crippen molar-refractivity contribution in [2.45, 2.75) is 13.3 Å². The molecule has 1 rings (SSSR count). The van der Waals surface area contributed by atoms with Crippen molar-refractivity contribution < 1.29 is 18.3 Å². The lowest BCUT2D eigenvalue weighted by molar-refractivity contribution is 0.316.